The first-order chi connectivity index (χ1) is 8.21. The van der Waals surface area contributed by atoms with Crippen LogP contribution in [0.4, 0.5) is 13.6 Å². The lowest BCUT2D eigenvalue weighted by molar-refractivity contribution is -0.0847. The molecule has 6 heteroatoms. The van der Waals surface area contributed by atoms with Gasteiger partial charge in [-0.3, -0.25) is 0 Å². The first kappa shape index (κ1) is 13.5. The maximum absolute atomic E-state index is 13.7. The number of ether oxygens (including phenoxy) is 1. The fraction of sp³-hybridized carbons (Fsp3) is 0.917. The van der Waals surface area contributed by atoms with Gasteiger partial charge >= 0.3 is 6.09 Å². The molecule has 0 aromatic rings. The van der Waals surface area contributed by atoms with E-state index < -0.39 is 29.6 Å². The fourth-order valence-corrected chi connectivity index (χ4v) is 2.66. The highest BCUT2D eigenvalue weighted by atomic mass is 19.3. The molecule has 0 aliphatic carbocycles. The molecule has 2 aliphatic heterocycles. The predicted molar refractivity (Wildman–Crippen MR) is 62.7 cm³/mol. The highest BCUT2D eigenvalue weighted by Crippen LogP contribution is 2.39. The Balaban J connectivity index is 2.06. The smallest absolute Gasteiger partial charge is 0.410 e. The highest BCUT2D eigenvalue weighted by Gasteiger charge is 2.53. The van der Waals surface area contributed by atoms with Crippen LogP contribution in [0.1, 0.15) is 27.2 Å². The van der Waals surface area contributed by atoms with Crippen LogP contribution in [0.2, 0.25) is 0 Å². The van der Waals surface area contributed by atoms with Crippen LogP contribution in [0, 0.1) is 5.92 Å². The van der Waals surface area contributed by atoms with Gasteiger partial charge in [0, 0.05) is 19.0 Å². The van der Waals surface area contributed by atoms with E-state index in [1.165, 1.54) is 4.90 Å². The zero-order valence-corrected chi connectivity index (χ0v) is 11.0. The summed E-state index contributed by atoms with van der Waals surface area (Å²) < 4.78 is 32.6. The van der Waals surface area contributed by atoms with Crippen LogP contribution in [0.3, 0.4) is 0 Å². The number of carbonyl (C=O) groups excluding carboxylic acids is 1. The molecule has 0 spiro atoms. The maximum atomic E-state index is 13.7. The lowest BCUT2D eigenvalue weighted by Crippen LogP contribution is -2.57. The molecule has 1 amide bonds. The zero-order valence-electron chi connectivity index (χ0n) is 11.0. The van der Waals surface area contributed by atoms with E-state index >= 15 is 0 Å². The third-order valence-corrected chi connectivity index (χ3v) is 3.43. The Morgan fingerprint density at radius 1 is 1.44 bits per heavy atom. The van der Waals surface area contributed by atoms with Crippen LogP contribution >= 0.6 is 0 Å². The quantitative estimate of drug-likeness (QED) is 0.724. The fourth-order valence-electron chi connectivity index (χ4n) is 2.66. The first-order valence-electron chi connectivity index (χ1n) is 6.29. The predicted octanol–water partition coefficient (Wildman–Crippen LogP) is 1.85. The van der Waals surface area contributed by atoms with Crippen LogP contribution in [-0.2, 0) is 4.74 Å². The molecule has 0 radical (unpaired) electrons. The molecule has 4 nitrogen and oxygen atoms in total. The van der Waals surface area contributed by atoms with Crippen molar-refractivity contribution in [2.24, 2.45) is 5.92 Å². The molecule has 2 aliphatic rings. The SMILES string of the molecule is CC(C)(C)OC(=O)N1CC[C@H]2[C@@H]1CNCC2(F)F. The van der Waals surface area contributed by atoms with Gasteiger partial charge in [-0.05, 0) is 27.2 Å². The lowest BCUT2D eigenvalue weighted by Gasteiger charge is -2.37. The summed E-state index contributed by atoms with van der Waals surface area (Å²) in [5, 5.41) is 2.69. The van der Waals surface area contributed by atoms with Gasteiger partial charge in [0.25, 0.3) is 5.92 Å². The van der Waals surface area contributed by atoms with Crippen LogP contribution < -0.4 is 5.32 Å². The zero-order chi connectivity index (χ0) is 13.6. The molecular weight excluding hydrogens is 242 g/mol. The molecule has 0 unspecified atom stereocenters. The Hall–Kier alpha value is -0.910. The molecule has 2 rings (SSSR count). The molecule has 0 aromatic carbocycles. The topological polar surface area (TPSA) is 41.6 Å². The minimum absolute atomic E-state index is 0.295. The monoisotopic (exact) mass is 262 g/mol. The molecule has 2 heterocycles. The number of fused-ring (bicyclic) bond motifs is 1. The second kappa shape index (κ2) is 4.33. The van der Waals surface area contributed by atoms with Crippen molar-refractivity contribution in [2.75, 3.05) is 19.6 Å². The summed E-state index contributed by atoms with van der Waals surface area (Å²) in [4.78, 5) is 13.4. The summed E-state index contributed by atoms with van der Waals surface area (Å²) in [7, 11) is 0. The average molecular weight is 262 g/mol. The Morgan fingerprint density at radius 2 is 2.11 bits per heavy atom. The van der Waals surface area contributed by atoms with Gasteiger partial charge in [0.15, 0.2) is 0 Å². The van der Waals surface area contributed by atoms with Crippen molar-refractivity contribution < 1.29 is 18.3 Å². The summed E-state index contributed by atoms with van der Waals surface area (Å²) in [6.45, 7) is 5.78. The Kier molecular flexibility index (Phi) is 3.25. The summed E-state index contributed by atoms with van der Waals surface area (Å²) in [5.41, 5.74) is -0.597. The summed E-state index contributed by atoms with van der Waals surface area (Å²) in [6.07, 6.45) is -0.145. The molecule has 1 N–H and O–H groups in total. The molecule has 2 fully saturated rings. The lowest BCUT2D eigenvalue weighted by atomic mass is 9.90. The van der Waals surface area contributed by atoms with Crippen molar-refractivity contribution in [3.05, 3.63) is 0 Å². The molecule has 104 valence electrons. The van der Waals surface area contributed by atoms with Crippen molar-refractivity contribution >= 4 is 6.09 Å². The minimum Gasteiger partial charge on any atom is -0.444 e. The number of likely N-dealkylation sites (tertiary alicyclic amines) is 1. The van der Waals surface area contributed by atoms with E-state index in [1.807, 2.05) is 0 Å². The number of nitrogens with one attached hydrogen (secondary N) is 1. The van der Waals surface area contributed by atoms with Crippen LogP contribution in [-0.4, -0.2) is 48.2 Å². The average Bonchev–Trinajstić information content (AvgIpc) is 2.59. The highest BCUT2D eigenvalue weighted by molar-refractivity contribution is 5.69. The third kappa shape index (κ3) is 2.58. The molecule has 0 aromatic heterocycles. The van der Waals surface area contributed by atoms with Gasteiger partial charge in [-0.15, -0.1) is 0 Å². The normalized spacial score (nSPS) is 31.1. The number of rotatable bonds is 0. The molecule has 2 atom stereocenters. The van der Waals surface area contributed by atoms with E-state index in [2.05, 4.69) is 5.32 Å². The van der Waals surface area contributed by atoms with Crippen LogP contribution in [0.25, 0.3) is 0 Å². The van der Waals surface area contributed by atoms with E-state index in [-0.39, 0.29) is 6.54 Å². The van der Waals surface area contributed by atoms with Crippen molar-refractivity contribution in [3.63, 3.8) is 0 Å². The molecular formula is C12H20F2N2O2. The van der Waals surface area contributed by atoms with E-state index in [1.54, 1.807) is 20.8 Å². The number of hydrogen-bond acceptors (Lipinski definition) is 3. The van der Waals surface area contributed by atoms with Crippen molar-refractivity contribution in [1.29, 1.82) is 0 Å². The number of piperidine rings is 1. The van der Waals surface area contributed by atoms with Gasteiger partial charge < -0.3 is 15.0 Å². The minimum atomic E-state index is -2.74. The van der Waals surface area contributed by atoms with Gasteiger partial charge in [0.05, 0.1) is 12.6 Å². The van der Waals surface area contributed by atoms with Gasteiger partial charge in [-0.1, -0.05) is 0 Å². The van der Waals surface area contributed by atoms with E-state index in [0.29, 0.717) is 19.5 Å². The summed E-state index contributed by atoms with van der Waals surface area (Å²) in [6, 6.07) is -0.455. The number of halogens is 2. The van der Waals surface area contributed by atoms with Crippen molar-refractivity contribution in [1.82, 2.24) is 10.2 Å². The van der Waals surface area contributed by atoms with Gasteiger partial charge in [-0.2, -0.15) is 0 Å². The van der Waals surface area contributed by atoms with Crippen molar-refractivity contribution in [2.45, 2.75) is 44.8 Å². The van der Waals surface area contributed by atoms with Gasteiger partial charge in [0.1, 0.15) is 5.60 Å². The van der Waals surface area contributed by atoms with E-state index in [0.717, 1.165) is 0 Å². The summed E-state index contributed by atoms with van der Waals surface area (Å²) >= 11 is 0. The molecule has 2 saturated heterocycles. The van der Waals surface area contributed by atoms with Crippen molar-refractivity contribution in [3.8, 4) is 0 Å². The Morgan fingerprint density at radius 3 is 2.72 bits per heavy atom. The largest absolute Gasteiger partial charge is 0.444 e. The number of hydrogen-bond donors (Lipinski definition) is 1. The van der Waals surface area contributed by atoms with Gasteiger partial charge in [-0.25, -0.2) is 13.6 Å². The molecule has 0 bridgehead atoms. The van der Waals surface area contributed by atoms with E-state index in [9.17, 15) is 13.6 Å². The van der Waals surface area contributed by atoms with Crippen LogP contribution in [0.15, 0.2) is 0 Å². The summed E-state index contributed by atoms with van der Waals surface area (Å²) in [5.74, 6) is -3.48. The second-order valence-electron chi connectivity index (χ2n) is 6.03. The number of amides is 1. The van der Waals surface area contributed by atoms with Gasteiger partial charge in [0.2, 0.25) is 0 Å². The number of carbonyl (C=O) groups is 1. The molecule has 18 heavy (non-hydrogen) atoms. The number of nitrogens with zero attached hydrogens (tertiary/aromatic N) is 1. The van der Waals surface area contributed by atoms with E-state index in [4.69, 9.17) is 4.74 Å². The maximum Gasteiger partial charge on any atom is 0.410 e. The molecule has 0 saturated carbocycles. The first-order valence-corrected chi connectivity index (χ1v) is 6.29. The Bertz CT molecular complexity index is 341. The Labute approximate surface area is 106 Å². The number of alkyl halides is 2. The van der Waals surface area contributed by atoms with Crippen LogP contribution in [0.5, 0.6) is 0 Å². The third-order valence-electron chi connectivity index (χ3n) is 3.43. The standard InChI is InChI=1S/C12H20F2N2O2/c1-11(2,3)18-10(17)16-5-4-8-9(16)6-15-7-12(8,13)14/h8-9,15H,4-7H2,1-3H3/t8-,9-/m0/s1. The second-order valence-corrected chi connectivity index (χ2v) is 6.03.